The topological polar surface area (TPSA) is 137 Å². The minimum Gasteiger partial charge on any atom is -0.468 e. The number of anilines is 4. The monoisotopic (exact) mass is 605 g/mol. The number of aryl methyl sites for hydroxylation is 2. The molecule has 43 heavy (non-hydrogen) atoms. The van der Waals surface area contributed by atoms with Gasteiger partial charge in [0.05, 0.1) is 39.2 Å². The summed E-state index contributed by atoms with van der Waals surface area (Å²) in [6.07, 6.45) is 1.72. The number of para-hydroxylation sites is 1. The highest BCUT2D eigenvalue weighted by Crippen LogP contribution is 2.45. The molecule has 1 atom stereocenters. The Morgan fingerprint density at radius 3 is 2.60 bits per heavy atom. The van der Waals surface area contributed by atoms with E-state index >= 15 is 0 Å². The molecule has 2 aliphatic rings. The molecule has 1 fully saturated rings. The Hall–Kier alpha value is -3.74. The van der Waals surface area contributed by atoms with Crippen molar-refractivity contribution >= 4 is 44.0 Å². The summed E-state index contributed by atoms with van der Waals surface area (Å²) in [7, 11) is -3.55. The van der Waals surface area contributed by atoms with Gasteiger partial charge >= 0.3 is 0 Å². The van der Waals surface area contributed by atoms with Gasteiger partial charge in [0.2, 0.25) is 5.95 Å². The maximum Gasteiger partial charge on any atom is 0.237 e. The number of aromatic amines is 1. The first-order valence-corrected chi connectivity index (χ1v) is 16.4. The van der Waals surface area contributed by atoms with E-state index in [4.69, 9.17) is 14.7 Å². The fourth-order valence-corrected chi connectivity index (χ4v) is 7.39. The largest absolute Gasteiger partial charge is 0.468 e. The molecule has 2 aliphatic heterocycles. The first-order valence-electron chi connectivity index (χ1n) is 14.8. The van der Waals surface area contributed by atoms with Crippen LogP contribution < -0.4 is 15.0 Å². The van der Waals surface area contributed by atoms with Crippen LogP contribution in [0, 0.1) is 13.8 Å². The second-order valence-corrected chi connectivity index (χ2v) is 14.2. The van der Waals surface area contributed by atoms with Crippen molar-refractivity contribution in [1.82, 2.24) is 25.1 Å². The summed E-state index contributed by atoms with van der Waals surface area (Å²) in [6, 6.07) is 11.2. The summed E-state index contributed by atoms with van der Waals surface area (Å²) in [6.45, 7) is 12.2. The third kappa shape index (κ3) is 5.32. The minimum absolute atomic E-state index is 0.191. The molecule has 1 saturated heterocycles. The minimum atomic E-state index is -3.55. The highest BCUT2D eigenvalue weighted by Gasteiger charge is 2.34. The number of fused-ring (bicyclic) bond motifs is 2. The number of aromatic nitrogens is 4. The van der Waals surface area contributed by atoms with E-state index in [9.17, 15) is 13.5 Å². The van der Waals surface area contributed by atoms with Gasteiger partial charge in [-0.25, -0.2) is 8.42 Å². The summed E-state index contributed by atoms with van der Waals surface area (Å²) in [5, 5.41) is 20.1. The Morgan fingerprint density at radius 2 is 1.88 bits per heavy atom. The van der Waals surface area contributed by atoms with E-state index in [1.807, 2.05) is 18.7 Å². The zero-order chi connectivity index (χ0) is 30.5. The molecular weight excluding hydrogens is 566 g/mol. The second-order valence-electron chi connectivity index (χ2n) is 11.7. The lowest BCUT2D eigenvalue weighted by Gasteiger charge is -2.32. The molecule has 3 N–H and O–H groups in total. The number of hydrogen-bond donors (Lipinski definition) is 3. The van der Waals surface area contributed by atoms with Crippen LogP contribution in [0.5, 0.6) is 5.75 Å². The van der Waals surface area contributed by atoms with Crippen LogP contribution in [0.4, 0.5) is 23.1 Å². The third-order valence-electron chi connectivity index (χ3n) is 8.58. The fraction of sp³-hybridized carbons (Fsp3) is 0.452. The van der Waals surface area contributed by atoms with Gasteiger partial charge < -0.3 is 20.1 Å². The average molecular weight is 606 g/mol. The summed E-state index contributed by atoms with van der Waals surface area (Å²) in [5.41, 5.74) is 5.05. The van der Waals surface area contributed by atoms with Crippen molar-refractivity contribution in [1.29, 1.82) is 0 Å². The number of aliphatic hydroxyl groups excluding tert-OH is 1. The highest BCUT2D eigenvalue weighted by molar-refractivity contribution is 7.92. The molecule has 11 nitrogen and oxygen atoms in total. The van der Waals surface area contributed by atoms with Gasteiger partial charge in [-0.2, -0.15) is 15.1 Å². The lowest BCUT2D eigenvalue weighted by Crippen LogP contribution is -2.35. The first-order chi connectivity index (χ1) is 20.6. The molecule has 2 aromatic carbocycles. The summed E-state index contributed by atoms with van der Waals surface area (Å²) >= 11 is 0. The zero-order valence-electron chi connectivity index (χ0n) is 25.3. The van der Waals surface area contributed by atoms with E-state index < -0.39 is 15.1 Å². The van der Waals surface area contributed by atoms with Gasteiger partial charge in [-0.3, -0.25) is 10.00 Å². The van der Waals surface area contributed by atoms with E-state index in [2.05, 4.69) is 39.5 Å². The SMILES string of the molecule is Cc1cc2c(cc1C1CCN(CCO)CC1)OC(C)N2c1nc(Nc2ccccc2S(=O)(=O)C(C)C)c2c(C)n[nH]c2n1. The van der Waals surface area contributed by atoms with Crippen molar-refractivity contribution in [2.75, 3.05) is 36.5 Å². The molecule has 0 radical (unpaired) electrons. The van der Waals surface area contributed by atoms with Crippen LogP contribution in [0.2, 0.25) is 0 Å². The maximum absolute atomic E-state index is 13.2. The van der Waals surface area contributed by atoms with Crippen LogP contribution in [0.25, 0.3) is 11.0 Å². The van der Waals surface area contributed by atoms with Crippen molar-refractivity contribution in [2.45, 2.75) is 69.8 Å². The maximum atomic E-state index is 13.2. The zero-order valence-corrected chi connectivity index (χ0v) is 26.1. The predicted molar refractivity (Wildman–Crippen MR) is 167 cm³/mol. The van der Waals surface area contributed by atoms with Crippen molar-refractivity contribution in [3.05, 3.63) is 53.2 Å². The van der Waals surface area contributed by atoms with Gasteiger partial charge in [0, 0.05) is 6.54 Å². The molecule has 6 rings (SSSR count). The van der Waals surface area contributed by atoms with Crippen molar-refractivity contribution in [3.8, 4) is 5.75 Å². The fourth-order valence-electron chi connectivity index (χ4n) is 6.19. The van der Waals surface area contributed by atoms with Crippen LogP contribution in [0.3, 0.4) is 0 Å². The molecule has 12 heteroatoms. The van der Waals surface area contributed by atoms with Crippen molar-refractivity contribution in [2.24, 2.45) is 0 Å². The molecule has 4 heterocycles. The number of nitrogens with zero attached hydrogens (tertiary/aromatic N) is 5. The van der Waals surface area contributed by atoms with Crippen LogP contribution >= 0.6 is 0 Å². The summed E-state index contributed by atoms with van der Waals surface area (Å²) in [5.74, 6) is 2.10. The van der Waals surface area contributed by atoms with Crippen LogP contribution in [0.15, 0.2) is 41.3 Å². The van der Waals surface area contributed by atoms with Crippen LogP contribution in [-0.2, 0) is 9.84 Å². The predicted octanol–water partition coefficient (Wildman–Crippen LogP) is 4.94. The van der Waals surface area contributed by atoms with Crippen LogP contribution in [-0.4, -0.2) is 76.3 Å². The number of likely N-dealkylation sites (tertiary alicyclic amines) is 1. The summed E-state index contributed by atoms with van der Waals surface area (Å²) in [4.78, 5) is 14.3. The van der Waals surface area contributed by atoms with Gasteiger partial charge in [0.15, 0.2) is 21.7 Å². The number of aliphatic hydroxyl groups is 1. The summed E-state index contributed by atoms with van der Waals surface area (Å²) < 4.78 is 32.7. The Bertz CT molecular complexity index is 1760. The Morgan fingerprint density at radius 1 is 1.14 bits per heavy atom. The molecule has 0 amide bonds. The lowest BCUT2D eigenvalue weighted by atomic mass is 9.86. The number of rotatable bonds is 8. The molecule has 0 saturated carbocycles. The van der Waals surface area contributed by atoms with Gasteiger partial charge in [0.1, 0.15) is 11.6 Å². The molecule has 0 bridgehead atoms. The quantitative estimate of drug-likeness (QED) is 0.253. The molecule has 0 spiro atoms. The first kappa shape index (κ1) is 29.3. The Balaban J connectivity index is 1.38. The smallest absolute Gasteiger partial charge is 0.237 e. The number of nitrogens with one attached hydrogen (secondary N) is 2. The van der Waals surface area contributed by atoms with Gasteiger partial charge in [-0.15, -0.1) is 0 Å². The second kappa shape index (κ2) is 11.4. The molecule has 0 aliphatic carbocycles. The number of piperidine rings is 1. The Labute approximate surface area is 252 Å². The average Bonchev–Trinajstić information content (AvgIpc) is 3.51. The standard InChI is InChI=1S/C31H39N7O4S/c1-18(2)43(40,41)27-9-7-6-8-24(27)32-29-28-20(4)35-36-30(28)34-31(33-29)38-21(5)42-26-17-23(19(3)16-25(26)38)22-10-12-37(13-11-22)14-15-39/h6-9,16-18,21-22,39H,10-15H2,1-5H3,(H2,32,33,34,35,36). The van der Waals surface area contributed by atoms with Gasteiger partial charge in [-0.1, -0.05) is 12.1 Å². The van der Waals surface area contributed by atoms with Crippen LogP contribution in [0.1, 0.15) is 56.4 Å². The number of ether oxygens (including phenoxy) is 1. The highest BCUT2D eigenvalue weighted by atomic mass is 32.2. The lowest BCUT2D eigenvalue weighted by molar-refractivity contribution is 0.164. The van der Waals surface area contributed by atoms with E-state index in [-0.39, 0.29) is 17.7 Å². The number of β-amino-alcohol motifs (C(OH)–C–C–N with tert-alkyl or cyclic N) is 1. The molecular formula is C31H39N7O4S. The van der Waals surface area contributed by atoms with Gasteiger partial charge in [0.25, 0.3) is 0 Å². The van der Waals surface area contributed by atoms with Crippen molar-refractivity contribution in [3.63, 3.8) is 0 Å². The number of benzene rings is 2. The van der Waals surface area contributed by atoms with E-state index in [1.54, 1.807) is 38.1 Å². The van der Waals surface area contributed by atoms with Gasteiger partial charge in [-0.05, 0) is 102 Å². The van der Waals surface area contributed by atoms with Crippen molar-refractivity contribution < 1.29 is 18.3 Å². The molecule has 2 aromatic heterocycles. The van der Waals surface area contributed by atoms with E-state index in [0.29, 0.717) is 40.1 Å². The normalized spacial score (nSPS) is 17.9. The number of hydrogen-bond acceptors (Lipinski definition) is 10. The Kier molecular flexibility index (Phi) is 7.78. The third-order valence-corrected chi connectivity index (χ3v) is 10.8. The number of H-pyrrole nitrogens is 1. The molecule has 4 aromatic rings. The number of sulfone groups is 1. The van der Waals surface area contributed by atoms with E-state index in [0.717, 1.165) is 43.9 Å². The van der Waals surface area contributed by atoms with E-state index in [1.165, 1.54) is 11.1 Å². The molecule has 1 unspecified atom stereocenters. The molecule has 228 valence electrons.